The second-order valence-electron chi connectivity index (χ2n) is 6.88. The molecule has 0 aliphatic carbocycles. The van der Waals surface area contributed by atoms with Gasteiger partial charge in [0.15, 0.2) is 5.41 Å². The zero-order valence-electron chi connectivity index (χ0n) is 15.4. The average Bonchev–Trinajstić information content (AvgIpc) is 2.83. The van der Waals surface area contributed by atoms with Crippen LogP contribution in [-0.2, 0) is 9.47 Å². The van der Waals surface area contributed by atoms with Crippen molar-refractivity contribution in [1.29, 1.82) is 21.2 Å². The number of nitrogens with one attached hydrogen (secondary N) is 1. The number of rotatable bonds is 3. The van der Waals surface area contributed by atoms with Crippen molar-refractivity contribution < 1.29 is 27.4 Å². The molecule has 0 spiro atoms. The van der Waals surface area contributed by atoms with Gasteiger partial charge in [0, 0.05) is 6.42 Å². The Morgan fingerprint density at radius 3 is 2.17 bits per heavy atom. The number of ether oxygens (including phenoxy) is 3. The molecule has 4 unspecified atom stereocenters. The molecule has 2 aliphatic heterocycles. The van der Waals surface area contributed by atoms with Crippen LogP contribution in [0.25, 0.3) is 0 Å². The maximum atomic E-state index is 12.4. The van der Waals surface area contributed by atoms with Crippen LogP contribution in [-0.4, -0.2) is 18.0 Å². The zero-order valence-corrected chi connectivity index (χ0v) is 15.4. The summed E-state index contributed by atoms with van der Waals surface area (Å²) in [7, 11) is 0. The summed E-state index contributed by atoms with van der Waals surface area (Å²) in [5, 5.41) is 38.2. The lowest BCUT2D eigenvalue weighted by atomic mass is 9.53. The normalized spacial score (nSPS) is 32.4. The topological polar surface area (TPSA) is 123 Å². The first-order valence-corrected chi connectivity index (χ1v) is 8.61. The minimum Gasteiger partial charge on any atom is -0.447 e. The van der Waals surface area contributed by atoms with Crippen LogP contribution in [0.3, 0.4) is 0 Å². The molecule has 150 valence electrons. The molecule has 2 heterocycles. The number of nitriles is 3. The highest BCUT2D eigenvalue weighted by atomic mass is 19.4. The zero-order chi connectivity index (χ0) is 21.7. The van der Waals surface area contributed by atoms with E-state index in [-0.39, 0.29) is 12.0 Å². The maximum absolute atomic E-state index is 12.4. The molecule has 0 saturated carbocycles. The van der Waals surface area contributed by atoms with Gasteiger partial charge in [-0.1, -0.05) is 26.0 Å². The van der Waals surface area contributed by atoms with Crippen molar-refractivity contribution >= 4 is 5.90 Å². The van der Waals surface area contributed by atoms with Crippen molar-refractivity contribution in [2.75, 3.05) is 0 Å². The molecule has 1 N–H and O–H groups in total. The first kappa shape index (κ1) is 20.4. The van der Waals surface area contributed by atoms with E-state index >= 15 is 0 Å². The number of hydrogen-bond donors (Lipinski definition) is 1. The minimum atomic E-state index is -4.87. The third-order valence-electron chi connectivity index (χ3n) is 5.71. The van der Waals surface area contributed by atoms with E-state index in [0.717, 1.165) is 12.1 Å². The van der Waals surface area contributed by atoms with E-state index in [4.69, 9.17) is 14.9 Å². The molecule has 2 aliphatic rings. The molecule has 2 bridgehead atoms. The van der Waals surface area contributed by atoms with Gasteiger partial charge in [0.25, 0.3) is 0 Å². The molecule has 4 atom stereocenters. The molecule has 7 nitrogen and oxygen atoms in total. The van der Waals surface area contributed by atoms with Crippen LogP contribution in [0.4, 0.5) is 13.2 Å². The fourth-order valence-corrected chi connectivity index (χ4v) is 4.19. The standard InChI is InChI=1S/C19H15F3N4O3/c1-3-18-11(2)17(10-25,15(26)29-18)16(8-23,9-24)14(28-18)12-4-6-13(7-5-12)27-19(20,21)22/h4-7,11,14,26H,3H2,1-2H3. The first-order valence-electron chi connectivity index (χ1n) is 8.61. The molecule has 1 aromatic carbocycles. The molecule has 3 rings (SSSR count). The largest absolute Gasteiger partial charge is 0.573 e. The van der Waals surface area contributed by atoms with E-state index in [1.165, 1.54) is 12.1 Å². The molecule has 0 radical (unpaired) electrons. The Morgan fingerprint density at radius 1 is 1.14 bits per heavy atom. The summed E-state index contributed by atoms with van der Waals surface area (Å²) in [5.41, 5.74) is -3.87. The SMILES string of the molecule is CCC12OC(=N)C(C#N)(C1C)C(C#N)(C#N)C(c1ccc(OC(F)(F)F)cc1)O2. The molecule has 2 fully saturated rings. The highest BCUT2D eigenvalue weighted by molar-refractivity contribution is 5.89. The average molecular weight is 404 g/mol. The van der Waals surface area contributed by atoms with Gasteiger partial charge in [-0.05, 0) is 17.7 Å². The number of nitrogens with zero attached hydrogens (tertiary/aromatic N) is 3. The van der Waals surface area contributed by atoms with Crippen molar-refractivity contribution in [3.63, 3.8) is 0 Å². The number of alkyl halides is 3. The molecule has 1 aromatic rings. The van der Waals surface area contributed by atoms with Gasteiger partial charge in [-0.2, -0.15) is 15.8 Å². The van der Waals surface area contributed by atoms with E-state index in [1.54, 1.807) is 13.8 Å². The summed E-state index contributed by atoms with van der Waals surface area (Å²) in [5.74, 6) is -3.24. The van der Waals surface area contributed by atoms with Gasteiger partial charge in [-0.15, -0.1) is 13.2 Å². The summed E-state index contributed by atoms with van der Waals surface area (Å²) in [6.45, 7) is 3.29. The fraction of sp³-hybridized carbons (Fsp3) is 0.474. The lowest BCUT2D eigenvalue weighted by Crippen LogP contribution is -2.58. The molecule has 29 heavy (non-hydrogen) atoms. The van der Waals surface area contributed by atoms with Gasteiger partial charge in [0.2, 0.25) is 17.1 Å². The first-order chi connectivity index (χ1) is 13.6. The number of halogens is 3. The van der Waals surface area contributed by atoms with Gasteiger partial charge in [0.05, 0.1) is 24.1 Å². The van der Waals surface area contributed by atoms with Crippen LogP contribution in [0.5, 0.6) is 5.75 Å². The van der Waals surface area contributed by atoms with Gasteiger partial charge in [-0.3, -0.25) is 5.41 Å². The van der Waals surface area contributed by atoms with Crippen molar-refractivity contribution in [3.05, 3.63) is 29.8 Å². The van der Waals surface area contributed by atoms with Crippen LogP contribution >= 0.6 is 0 Å². The molecule has 10 heteroatoms. The summed E-state index contributed by atoms with van der Waals surface area (Å²) in [6, 6.07) is 10.1. The van der Waals surface area contributed by atoms with Crippen molar-refractivity contribution in [2.45, 2.75) is 38.5 Å². The number of benzene rings is 1. The second-order valence-corrected chi connectivity index (χ2v) is 6.88. The fourth-order valence-electron chi connectivity index (χ4n) is 4.19. The van der Waals surface area contributed by atoms with E-state index in [9.17, 15) is 29.0 Å². The van der Waals surface area contributed by atoms with Crippen LogP contribution in [0.15, 0.2) is 24.3 Å². The predicted molar refractivity (Wildman–Crippen MR) is 89.7 cm³/mol. The Kier molecular flexibility index (Phi) is 4.49. The Labute approximate surface area is 164 Å². The lowest BCUT2D eigenvalue weighted by Gasteiger charge is -2.48. The Balaban J connectivity index is 2.17. The van der Waals surface area contributed by atoms with E-state index in [0.29, 0.717) is 0 Å². The van der Waals surface area contributed by atoms with Crippen LogP contribution < -0.4 is 4.74 Å². The highest BCUT2D eigenvalue weighted by Crippen LogP contribution is 2.67. The Hall–Kier alpha value is -3.29. The predicted octanol–water partition coefficient (Wildman–Crippen LogP) is 3.95. The lowest BCUT2D eigenvalue weighted by molar-refractivity contribution is -0.280. The second kappa shape index (κ2) is 6.37. The van der Waals surface area contributed by atoms with Gasteiger partial charge < -0.3 is 14.2 Å². The third-order valence-corrected chi connectivity index (χ3v) is 5.71. The third kappa shape index (κ3) is 2.55. The quantitative estimate of drug-likeness (QED) is 0.814. The van der Waals surface area contributed by atoms with Crippen LogP contribution in [0.1, 0.15) is 31.9 Å². The molecular weight excluding hydrogens is 389 g/mol. The summed E-state index contributed by atoms with van der Waals surface area (Å²) in [6.07, 6.45) is -5.99. The summed E-state index contributed by atoms with van der Waals surface area (Å²) >= 11 is 0. The number of hydrogen-bond acceptors (Lipinski definition) is 7. The monoisotopic (exact) mass is 404 g/mol. The molecule has 2 saturated heterocycles. The van der Waals surface area contributed by atoms with Gasteiger partial charge in [-0.25, -0.2) is 0 Å². The van der Waals surface area contributed by atoms with Crippen LogP contribution in [0.2, 0.25) is 0 Å². The minimum absolute atomic E-state index is 0.185. The number of fused-ring (bicyclic) bond motifs is 2. The van der Waals surface area contributed by atoms with Crippen molar-refractivity contribution in [3.8, 4) is 24.0 Å². The maximum Gasteiger partial charge on any atom is 0.573 e. The molecule has 0 amide bonds. The van der Waals surface area contributed by atoms with Gasteiger partial charge in [0.1, 0.15) is 11.9 Å². The van der Waals surface area contributed by atoms with E-state index < -0.39 is 46.6 Å². The Morgan fingerprint density at radius 2 is 1.72 bits per heavy atom. The van der Waals surface area contributed by atoms with Crippen molar-refractivity contribution in [2.24, 2.45) is 16.7 Å². The smallest absolute Gasteiger partial charge is 0.447 e. The van der Waals surface area contributed by atoms with Gasteiger partial charge >= 0.3 is 6.36 Å². The molecule has 0 aromatic heterocycles. The summed E-state index contributed by atoms with van der Waals surface area (Å²) in [4.78, 5) is 0. The summed E-state index contributed by atoms with van der Waals surface area (Å²) < 4.78 is 52.7. The van der Waals surface area contributed by atoms with E-state index in [2.05, 4.69) is 4.74 Å². The van der Waals surface area contributed by atoms with Crippen molar-refractivity contribution in [1.82, 2.24) is 0 Å². The van der Waals surface area contributed by atoms with Crippen LogP contribution in [0, 0.1) is 56.2 Å². The highest BCUT2D eigenvalue weighted by Gasteiger charge is 2.78. The van der Waals surface area contributed by atoms with E-state index in [1.807, 2.05) is 18.2 Å². The molecular formula is C19H15F3N4O3. The Bertz CT molecular complexity index is 959.